The molecule has 0 radical (unpaired) electrons. The van der Waals surface area contributed by atoms with Crippen LogP contribution in [-0.2, 0) is 16.0 Å². The maximum absolute atomic E-state index is 12.8. The summed E-state index contributed by atoms with van der Waals surface area (Å²) < 4.78 is 0. The largest absolute Gasteiger partial charge is 0.310 e. The molecule has 2 N–H and O–H groups in total. The number of benzene rings is 2. The molecule has 124 valence electrons. The predicted octanol–water partition coefficient (Wildman–Crippen LogP) is 2.63. The fourth-order valence-corrected chi connectivity index (χ4v) is 3.96. The number of carbonyl (C=O) groups is 2. The van der Waals surface area contributed by atoms with E-state index in [0.29, 0.717) is 6.54 Å². The number of fused-ring (bicyclic) bond motifs is 1. The van der Waals surface area contributed by atoms with Crippen molar-refractivity contribution in [2.24, 2.45) is 0 Å². The molecular weight excluding hydrogens is 324 g/mol. The highest BCUT2D eigenvalue weighted by molar-refractivity contribution is 8.01. The molecule has 1 aliphatic rings. The fraction of sp³-hybridized carbons (Fsp3) is 0.222. The van der Waals surface area contributed by atoms with E-state index in [1.54, 1.807) is 10.4 Å². The second-order valence-electron chi connectivity index (χ2n) is 5.54. The van der Waals surface area contributed by atoms with Gasteiger partial charge in [0.1, 0.15) is 0 Å². The molecular formula is C18H18N2O3S. The molecule has 0 aromatic heterocycles. The highest BCUT2D eigenvalue weighted by atomic mass is 32.2. The number of hydrogen-bond donors (Lipinski definition) is 2. The first-order chi connectivity index (χ1) is 11.7. The van der Waals surface area contributed by atoms with E-state index in [4.69, 9.17) is 5.21 Å². The van der Waals surface area contributed by atoms with Gasteiger partial charge in [-0.05, 0) is 24.1 Å². The molecule has 2 aromatic rings. The number of rotatable bonds is 5. The van der Waals surface area contributed by atoms with Gasteiger partial charge in [-0.1, -0.05) is 42.5 Å². The molecule has 0 fully saturated rings. The molecule has 0 aliphatic carbocycles. The first kappa shape index (κ1) is 16.5. The van der Waals surface area contributed by atoms with Gasteiger partial charge in [-0.3, -0.25) is 14.8 Å². The summed E-state index contributed by atoms with van der Waals surface area (Å²) in [6.07, 6.45) is 0.695. The summed E-state index contributed by atoms with van der Waals surface area (Å²) in [7, 11) is 0. The maximum atomic E-state index is 12.8. The number of hydroxylamine groups is 1. The van der Waals surface area contributed by atoms with Crippen molar-refractivity contribution >= 4 is 29.3 Å². The molecule has 0 bridgehead atoms. The van der Waals surface area contributed by atoms with Crippen LogP contribution in [0.4, 0.5) is 5.69 Å². The van der Waals surface area contributed by atoms with Crippen LogP contribution in [-0.4, -0.2) is 28.8 Å². The van der Waals surface area contributed by atoms with Crippen LogP contribution in [0.3, 0.4) is 0 Å². The first-order valence-electron chi connectivity index (χ1n) is 7.73. The summed E-state index contributed by atoms with van der Waals surface area (Å²) >= 11 is 1.37. The van der Waals surface area contributed by atoms with Gasteiger partial charge in [0.05, 0.1) is 10.9 Å². The monoisotopic (exact) mass is 342 g/mol. The van der Waals surface area contributed by atoms with E-state index in [9.17, 15) is 9.59 Å². The molecule has 2 amide bonds. The third kappa shape index (κ3) is 3.60. The number of amides is 2. The molecule has 1 unspecified atom stereocenters. The molecule has 1 aliphatic heterocycles. The number of anilines is 1. The van der Waals surface area contributed by atoms with Gasteiger partial charge in [-0.25, -0.2) is 5.48 Å². The van der Waals surface area contributed by atoms with Gasteiger partial charge in [0.25, 0.3) is 0 Å². The lowest BCUT2D eigenvalue weighted by Crippen LogP contribution is -2.43. The maximum Gasteiger partial charge on any atom is 0.244 e. The Bertz CT molecular complexity index is 736. The fourth-order valence-electron chi connectivity index (χ4n) is 2.74. The van der Waals surface area contributed by atoms with Gasteiger partial charge in [0.2, 0.25) is 11.8 Å². The molecule has 5 nitrogen and oxygen atoms in total. The highest BCUT2D eigenvalue weighted by Crippen LogP contribution is 2.40. The second-order valence-corrected chi connectivity index (χ2v) is 6.78. The van der Waals surface area contributed by atoms with Gasteiger partial charge in [0, 0.05) is 17.9 Å². The minimum Gasteiger partial charge on any atom is -0.310 e. The van der Waals surface area contributed by atoms with Crippen LogP contribution in [0.25, 0.3) is 0 Å². The lowest BCUT2D eigenvalue weighted by Gasteiger charge is -2.33. The second kappa shape index (κ2) is 7.51. The Kier molecular flexibility index (Phi) is 5.17. The summed E-state index contributed by atoms with van der Waals surface area (Å²) in [4.78, 5) is 27.0. The van der Waals surface area contributed by atoms with Crippen molar-refractivity contribution in [1.82, 2.24) is 5.48 Å². The van der Waals surface area contributed by atoms with E-state index in [1.165, 1.54) is 11.8 Å². The van der Waals surface area contributed by atoms with Crippen LogP contribution < -0.4 is 10.4 Å². The first-order valence-corrected chi connectivity index (χ1v) is 8.61. The Labute approximate surface area is 144 Å². The van der Waals surface area contributed by atoms with E-state index in [0.717, 1.165) is 22.6 Å². The summed E-state index contributed by atoms with van der Waals surface area (Å²) in [5, 5.41) is 8.21. The predicted molar refractivity (Wildman–Crippen MR) is 93.1 cm³/mol. The average Bonchev–Trinajstić information content (AvgIpc) is 2.62. The quantitative estimate of drug-likeness (QED) is 0.647. The molecule has 1 atom stereocenters. The summed E-state index contributed by atoms with van der Waals surface area (Å²) in [5.74, 6) is -0.651. The van der Waals surface area contributed by atoms with E-state index in [-0.39, 0.29) is 12.3 Å². The number of nitrogens with zero attached hydrogens (tertiary/aromatic N) is 1. The summed E-state index contributed by atoms with van der Waals surface area (Å²) in [5.41, 5.74) is 3.64. The lowest BCUT2D eigenvalue weighted by molar-refractivity contribution is -0.131. The van der Waals surface area contributed by atoms with E-state index < -0.39 is 11.2 Å². The van der Waals surface area contributed by atoms with Gasteiger partial charge >= 0.3 is 0 Å². The zero-order valence-corrected chi connectivity index (χ0v) is 13.8. The minimum atomic E-state index is -0.553. The van der Waals surface area contributed by atoms with Gasteiger partial charge < -0.3 is 4.90 Å². The third-order valence-electron chi connectivity index (χ3n) is 3.93. The van der Waals surface area contributed by atoms with Crippen LogP contribution in [0.1, 0.15) is 12.0 Å². The average molecular weight is 342 g/mol. The topological polar surface area (TPSA) is 69.6 Å². The van der Waals surface area contributed by atoms with Gasteiger partial charge in [-0.2, -0.15) is 0 Å². The Balaban J connectivity index is 1.82. The smallest absolute Gasteiger partial charge is 0.244 e. The zero-order chi connectivity index (χ0) is 16.9. The van der Waals surface area contributed by atoms with Crippen LogP contribution in [0.15, 0.2) is 59.5 Å². The minimum absolute atomic E-state index is 0.0455. The number of carbonyl (C=O) groups excluding carboxylic acids is 2. The number of para-hydroxylation sites is 1. The van der Waals surface area contributed by atoms with Crippen molar-refractivity contribution in [2.75, 3.05) is 11.4 Å². The molecule has 3 rings (SSSR count). The van der Waals surface area contributed by atoms with Gasteiger partial charge in [-0.15, -0.1) is 11.8 Å². The molecule has 24 heavy (non-hydrogen) atoms. The molecule has 1 heterocycles. The Morgan fingerprint density at radius 1 is 1.12 bits per heavy atom. The van der Waals surface area contributed by atoms with Gasteiger partial charge in [0.15, 0.2) is 0 Å². The SMILES string of the molecule is O=C(CC1Sc2ccccc2N(CCc2ccccc2)C1=O)NO. The van der Waals surface area contributed by atoms with Crippen molar-refractivity contribution in [3.05, 3.63) is 60.2 Å². The van der Waals surface area contributed by atoms with Crippen LogP contribution >= 0.6 is 11.8 Å². The molecule has 0 spiro atoms. The van der Waals surface area contributed by atoms with Crippen LogP contribution in [0.5, 0.6) is 0 Å². The number of hydrogen-bond acceptors (Lipinski definition) is 4. The molecule has 2 aromatic carbocycles. The highest BCUT2D eigenvalue weighted by Gasteiger charge is 2.34. The van der Waals surface area contributed by atoms with Crippen LogP contribution in [0, 0.1) is 0 Å². The summed E-state index contributed by atoms with van der Waals surface area (Å²) in [6, 6.07) is 17.7. The third-order valence-corrected chi connectivity index (χ3v) is 5.18. The van der Waals surface area contributed by atoms with E-state index >= 15 is 0 Å². The zero-order valence-electron chi connectivity index (χ0n) is 13.0. The van der Waals surface area contributed by atoms with Crippen molar-refractivity contribution in [3.63, 3.8) is 0 Å². The van der Waals surface area contributed by atoms with E-state index in [1.807, 2.05) is 54.6 Å². The Morgan fingerprint density at radius 2 is 1.83 bits per heavy atom. The van der Waals surface area contributed by atoms with Crippen molar-refractivity contribution in [3.8, 4) is 0 Å². The molecule has 0 saturated carbocycles. The van der Waals surface area contributed by atoms with Crippen molar-refractivity contribution in [1.29, 1.82) is 0 Å². The Hall–Kier alpha value is -2.31. The number of thioether (sulfide) groups is 1. The lowest BCUT2D eigenvalue weighted by atomic mass is 10.1. The number of nitrogens with one attached hydrogen (secondary N) is 1. The normalized spacial score (nSPS) is 16.6. The summed E-state index contributed by atoms with van der Waals surface area (Å²) in [6.45, 7) is 0.553. The molecule has 0 saturated heterocycles. The van der Waals surface area contributed by atoms with Crippen LogP contribution in [0.2, 0.25) is 0 Å². The van der Waals surface area contributed by atoms with E-state index in [2.05, 4.69) is 0 Å². The van der Waals surface area contributed by atoms with Crippen molar-refractivity contribution in [2.45, 2.75) is 23.0 Å². The van der Waals surface area contributed by atoms with Crippen molar-refractivity contribution < 1.29 is 14.8 Å². The Morgan fingerprint density at radius 3 is 2.58 bits per heavy atom. The molecule has 6 heteroatoms. The standard InChI is InChI=1S/C18H18N2O3S/c21-17(19-23)12-16-18(22)20(11-10-13-6-2-1-3-7-13)14-8-4-5-9-15(14)24-16/h1-9,16,23H,10-12H2,(H,19,21).